The van der Waals surface area contributed by atoms with E-state index in [1.165, 1.54) is 6.42 Å². The molecule has 0 aromatic carbocycles. The summed E-state index contributed by atoms with van der Waals surface area (Å²) in [6.07, 6.45) is 2.92. The van der Waals surface area contributed by atoms with Gasteiger partial charge >= 0.3 is 0 Å². The molecular formula is C16H19ClN4O. The number of hydrogen-bond donors (Lipinski definition) is 1. The zero-order valence-electron chi connectivity index (χ0n) is 12.5. The molecule has 0 amide bonds. The Morgan fingerprint density at radius 2 is 2.18 bits per heavy atom. The molecule has 4 heterocycles. The summed E-state index contributed by atoms with van der Waals surface area (Å²) in [7, 11) is 0. The predicted octanol–water partition coefficient (Wildman–Crippen LogP) is 1.74. The van der Waals surface area contributed by atoms with Gasteiger partial charge in [-0.25, -0.2) is 9.97 Å². The van der Waals surface area contributed by atoms with Crippen molar-refractivity contribution in [3.63, 3.8) is 0 Å². The van der Waals surface area contributed by atoms with Crippen molar-refractivity contribution in [2.24, 2.45) is 5.92 Å². The van der Waals surface area contributed by atoms with E-state index < -0.39 is 0 Å². The summed E-state index contributed by atoms with van der Waals surface area (Å²) in [5, 5.41) is 3.47. The van der Waals surface area contributed by atoms with Crippen molar-refractivity contribution in [1.29, 1.82) is 0 Å². The van der Waals surface area contributed by atoms with Crippen LogP contribution in [0.4, 0.5) is 0 Å². The monoisotopic (exact) mass is 318 g/mol. The lowest BCUT2D eigenvalue weighted by Gasteiger charge is -2.37. The number of hydrogen-bond acceptors (Lipinski definition) is 4. The van der Waals surface area contributed by atoms with Crippen molar-refractivity contribution in [2.45, 2.75) is 25.8 Å². The second kappa shape index (κ2) is 5.82. The molecule has 2 aliphatic rings. The Balaban J connectivity index is 0.00000144. The number of nitrogens with one attached hydrogen (secondary N) is 1. The first-order valence-electron chi connectivity index (χ1n) is 7.46. The third-order valence-electron chi connectivity index (χ3n) is 4.53. The second-order valence-corrected chi connectivity index (χ2v) is 6.06. The molecule has 0 saturated carbocycles. The molecule has 5 nitrogen and oxygen atoms in total. The molecule has 2 aromatic heterocycles. The molecule has 22 heavy (non-hydrogen) atoms. The van der Waals surface area contributed by atoms with Gasteiger partial charge in [-0.15, -0.1) is 12.4 Å². The van der Waals surface area contributed by atoms with Gasteiger partial charge in [-0.1, -0.05) is 0 Å². The highest BCUT2D eigenvalue weighted by Crippen LogP contribution is 2.33. The molecule has 6 heteroatoms. The third kappa shape index (κ3) is 2.55. The molecule has 1 saturated heterocycles. The Bertz CT molecular complexity index is 758. The van der Waals surface area contributed by atoms with E-state index in [1.54, 1.807) is 12.3 Å². The van der Waals surface area contributed by atoms with Crippen molar-refractivity contribution in [2.75, 3.05) is 13.1 Å². The van der Waals surface area contributed by atoms with Gasteiger partial charge in [0.25, 0.3) is 5.56 Å². The van der Waals surface area contributed by atoms with Crippen LogP contribution in [0.1, 0.15) is 23.9 Å². The molecule has 0 spiro atoms. The van der Waals surface area contributed by atoms with Crippen LogP contribution in [0.15, 0.2) is 29.2 Å². The first kappa shape index (κ1) is 15.2. The molecule has 0 aliphatic carbocycles. The summed E-state index contributed by atoms with van der Waals surface area (Å²) in [4.78, 5) is 21.0. The third-order valence-corrected chi connectivity index (χ3v) is 4.53. The van der Waals surface area contributed by atoms with Crippen LogP contribution in [0.3, 0.4) is 0 Å². The van der Waals surface area contributed by atoms with Crippen molar-refractivity contribution >= 4 is 12.4 Å². The Morgan fingerprint density at radius 3 is 3.00 bits per heavy atom. The van der Waals surface area contributed by atoms with Gasteiger partial charge in [0, 0.05) is 42.5 Å². The Kier molecular flexibility index (Phi) is 4.02. The normalized spacial score (nSPS) is 22.6. The van der Waals surface area contributed by atoms with Crippen LogP contribution in [0.5, 0.6) is 0 Å². The smallest absolute Gasteiger partial charge is 0.251 e. The van der Waals surface area contributed by atoms with Crippen molar-refractivity contribution in [3.05, 3.63) is 46.3 Å². The van der Waals surface area contributed by atoms with Crippen LogP contribution in [0.2, 0.25) is 0 Å². The van der Waals surface area contributed by atoms with E-state index in [-0.39, 0.29) is 18.0 Å². The fourth-order valence-electron chi connectivity index (χ4n) is 3.57. The van der Waals surface area contributed by atoms with Crippen LogP contribution in [0, 0.1) is 12.8 Å². The van der Waals surface area contributed by atoms with E-state index in [4.69, 9.17) is 0 Å². The molecular weight excluding hydrogens is 300 g/mol. The number of nitrogens with zero attached hydrogens (tertiary/aromatic N) is 3. The van der Waals surface area contributed by atoms with E-state index in [9.17, 15) is 4.79 Å². The van der Waals surface area contributed by atoms with Gasteiger partial charge in [-0.2, -0.15) is 0 Å². The van der Waals surface area contributed by atoms with E-state index in [0.29, 0.717) is 11.8 Å². The average Bonchev–Trinajstić information content (AvgIpc) is 2.48. The molecule has 0 radical (unpaired) electrons. The van der Waals surface area contributed by atoms with Crippen LogP contribution in [-0.2, 0) is 6.54 Å². The average molecular weight is 319 g/mol. The number of piperidine rings is 1. The van der Waals surface area contributed by atoms with Gasteiger partial charge in [0.15, 0.2) is 0 Å². The molecule has 116 valence electrons. The zero-order chi connectivity index (χ0) is 14.4. The van der Waals surface area contributed by atoms with Gasteiger partial charge in [-0.05, 0) is 37.9 Å². The highest BCUT2D eigenvalue weighted by Gasteiger charge is 2.31. The zero-order valence-corrected chi connectivity index (χ0v) is 13.3. The van der Waals surface area contributed by atoms with E-state index in [1.807, 2.05) is 17.6 Å². The first-order valence-corrected chi connectivity index (χ1v) is 7.46. The number of pyridine rings is 1. The van der Waals surface area contributed by atoms with Gasteiger partial charge in [0.05, 0.1) is 5.69 Å². The summed E-state index contributed by atoms with van der Waals surface area (Å²) in [6, 6.07) is 5.71. The van der Waals surface area contributed by atoms with Crippen molar-refractivity contribution < 1.29 is 0 Å². The SMILES string of the molecule is Cc1nccc(-c2cc3n(c(=O)c2)C[C@@H]2CNC[C@H]3C2)n1.Cl. The quantitative estimate of drug-likeness (QED) is 0.870. The largest absolute Gasteiger partial charge is 0.316 e. The lowest BCUT2D eigenvalue weighted by atomic mass is 9.83. The molecule has 2 aliphatic heterocycles. The van der Waals surface area contributed by atoms with Crippen molar-refractivity contribution in [3.8, 4) is 11.3 Å². The first-order chi connectivity index (χ1) is 10.2. The summed E-state index contributed by atoms with van der Waals surface area (Å²) < 4.78 is 1.96. The van der Waals surface area contributed by atoms with Crippen LogP contribution >= 0.6 is 12.4 Å². The standard InChI is InChI=1S/C16H18N4O.ClH/c1-10-18-3-2-14(19-10)12-5-15-13-4-11(7-17-8-13)9-20(15)16(21)6-12;/h2-3,5-6,11,13,17H,4,7-9H2,1H3;1H/t11-,13+;/m0./s1. The van der Waals surface area contributed by atoms with Gasteiger partial charge in [0.1, 0.15) is 5.82 Å². The number of aryl methyl sites for hydroxylation is 1. The lowest BCUT2D eigenvalue weighted by Crippen LogP contribution is -2.44. The predicted molar refractivity (Wildman–Crippen MR) is 87.4 cm³/mol. The van der Waals surface area contributed by atoms with E-state index >= 15 is 0 Å². The fourth-order valence-corrected chi connectivity index (χ4v) is 3.57. The molecule has 2 atom stereocenters. The lowest BCUT2D eigenvalue weighted by molar-refractivity contribution is 0.257. The number of aromatic nitrogens is 3. The number of rotatable bonds is 1. The number of fused-ring (bicyclic) bond motifs is 4. The van der Waals surface area contributed by atoms with Crippen molar-refractivity contribution in [1.82, 2.24) is 19.9 Å². The van der Waals surface area contributed by atoms with Crippen LogP contribution in [0.25, 0.3) is 11.3 Å². The second-order valence-electron chi connectivity index (χ2n) is 6.06. The molecule has 2 aromatic rings. The Labute approximate surface area is 135 Å². The molecule has 1 N–H and O–H groups in total. The van der Waals surface area contributed by atoms with Crippen LogP contribution in [-0.4, -0.2) is 27.6 Å². The number of halogens is 1. The maximum Gasteiger partial charge on any atom is 0.251 e. The summed E-state index contributed by atoms with van der Waals surface area (Å²) in [5.74, 6) is 1.75. The molecule has 1 fully saturated rings. The molecule has 0 unspecified atom stereocenters. The van der Waals surface area contributed by atoms with E-state index in [2.05, 4.69) is 21.4 Å². The van der Waals surface area contributed by atoms with Gasteiger partial charge in [-0.3, -0.25) is 4.79 Å². The summed E-state index contributed by atoms with van der Waals surface area (Å²) in [6.45, 7) is 4.68. The summed E-state index contributed by atoms with van der Waals surface area (Å²) in [5.41, 5.74) is 2.97. The summed E-state index contributed by atoms with van der Waals surface area (Å²) >= 11 is 0. The maximum atomic E-state index is 12.5. The highest BCUT2D eigenvalue weighted by molar-refractivity contribution is 5.85. The topological polar surface area (TPSA) is 59.8 Å². The molecule has 4 rings (SSSR count). The Morgan fingerprint density at radius 1 is 1.32 bits per heavy atom. The minimum absolute atomic E-state index is 0. The maximum absolute atomic E-state index is 12.5. The highest BCUT2D eigenvalue weighted by atomic mass is 35.5. The van der Waals surface area contributed by atoms with E-state index in [0.717, 1.165) is 42.4 Å². The fraction of sp³-hybridized carbons (Fsp3) is 0.438. The van der Waals surface area contributed by atoms with Gasteiger partial charge < -0.3 is 9.88 Å². The molecule has 2 bridgehead atoms. The minimum atomic E-state index is 0. The minimum Gasteiger partial charge on any atom is -0.316 e. The Hall–Kier alpha value is -1.72. The van der Waals surface area contributed by atoms with Crippen LogP contribution < -0.4 is 10.9 Å². The van der Waals surface area contributed by atoms with Gasteiger partial charge in [0.2, 0.25) is 0 Å².